The molecule has 12 heavy (non-hydrogen) atoms. The van der Waals surface area contributed by atoms with Gasteiger partial charge in [0.05, 0.1) is 17.6 Å². The third-order valence-electron chi connectivity index (χ3n) is 1.59. The van der Waals surface area contributed by atoms with Crippen LogP contribution in [0.25, 0.3) is 0 Å². The van der Waals surface area contributed by atoms with Gasteiger partial charge in [-0.1, -0.05) is 6.92 Å². The molecule has 0 saturated carbocycles. The predicted molar refractivity (Wildman–Crippen MR) is 49.0 cm³/mol. The molecule has 0 aliphatic heterocycles. The quantitative estimate of drug-likeness (QED) is 0.680. The van der Waals surface area contributed by atoms with Crippen LogP contribution in [-0.2, 0) is 6.42 Å². The standard InChI is InChI=1S/C8H14N4/c1-2-7-8(11-4-3-9)5-10-6-12-7/h5-6,11H,2-4,9H2,1H3. The fourth-order valence-corrected chi connectivity index (χ4v) is 0.991. The molecule has 0 saturated heterocycles. The van der Waals surface area contributed by atoms with E-state index in [0.29, 0.717) is 6.54 Å². The molecule has 0 atom stereocenters. The molecule has 0 aliphatic rings. The average Bonchev–Trinajstić information content (AvgIpc) is 2.15. The Morgan fingerprint density at radius 2 is 2.42 bits per heavy atom. The minimum absolute atomic E-state index is 0.623. The van der Waals surface area contributed by atoms with E-state index in [1.165, 1.54) is 0 Å². The van der Waals surface area contributed by atoms with E-state index in [2.05, 4.69) is 22.2 Å². The zero-order valence-electron chi connectivity index (χ0n) is 7.25. The molecule has 1 aromatic rings. The zero-order chi connectivity index (χ0) is 8.81. The first kappa shape index (κ1) is 8.93. The van der Waals surface area contributed by atoms with E-state index >= 15 is 0 Å². The third-order valence-corrected chi connectivity index (χ3v) is 1.59. The molecule has 1 rings (SSSR count). The molecule has 1 aromatic heterocycles. The number of hydrogen-bond donors (Lipinski definition) is 2. The molecule has 66 valence electrons. The second kappa shape index (κ2) is 4.66. The molecule has 0 bridgehead atoms. The monoisotopic (exact) mass is 166 g/mol. The largest absolute Gasteiger partial charge is 0.381 e. The van der Waals surface area contributed by atoms with Gasteiger partial charge in [-0.2, -0.15) is 0 Å². The Hall–Kier alpha value is -1.16. The maximum absolute atomic E-state index is 5.36. The van der Waals surface area contributed by atoms with Crippen molar-refractivity contribution in [3.8, 4) is 0 Å². The highest BCUT2D eigenvalue weighted by Crippen LogP contribution is 2.09. The van der Waals surface area contributed by atoms with Crippen molar-refractivity contribution < 1.29 is 0 Å². The summed E-state index contributed by atoms with van der Waals surface area (Å²) < 4.78 is 0. The van der Waals surface area contributed by atoms with Crippen molar-refractivity contribution in [2.75, 3.05) is 18.4 Å². The van der Waals surface area contributed by atoms with Crippen molar-refractivity contribution >= 4 is 5.69 Å². The lowest BCUT2D eigenvalue weighted by molar-refractivity contribution is 0.966. The first-order chi connectivity index (χ1) is 5.88. The molecule has 4 nitrogen and oxygen atoms in total. The van der Waals surface area contributed by atoms with Crippen LogP contribution in [0.1, 0.15) is 12.6 Å². The summed E-state index contributed by atoms with van der Waals surface area (Å²) in [6, 6.07) is 0. The van der Waals surface area contributed by atoms with Crippen molar-refractivity contribution in [1.82, 2.24) is 9.97 Å². The maximum atomic E-state index is 5.36. The van der Waals surface area contributed by atoms with E-state index in [-0.39, 0.29) is 0 Å². The van der Waals surface area contributed by atoms with Gasteiger partial charge in [-0.25, -0.2) is 9.97 Å². The van der Waals surface area contributed by atoms with Crippen molar-refractivity contribution in [3.05, 3.63) is 18.2 Å². The second-order valence-corrected chi connectivity index (χ2v) is 2.45. The van der Waals surface area contributed by atoms with Gasteiger partial charge < -0.3 is 11.1 Å². The van der Waals surface area contributed by atoms with Crippen molar-refractivity contribution in [3.63, 3.8) is 0 Å². The number of aromatic nitrogens is 2. The van der Waals surface area contributed by atoms with Crippen LogP contribution in [0.15, 0.2) is 12.5 Å². The van der Waals surface area contributed by atoms with Gasteiger partial charge in [-0.3, -0.25) is 0 Å². The van der Waals surface area contributed by atoms with Crippen molar-refractivity contribution in [2.45, 2.75) is 13.3 Å². The van der Waals surface area contributed by atoms with Crippen LogP contribution in [-0.4, -0.2) is 23.1 Å². The molecule has 0 amide bonds. The van der Waals surface area contributed by atoms with Gasteiger partial charge in [0.15, 0.2) is 0 Å². The van der Waals surface area contributed by atoms with Crippen LogP contribution < -0.4 is 11.1 Å². The molecule has 0 spiro atoms. The molecule has 0 fully saturated rings. The average molecular weight is 166 g/mol. The first-order valence-electron chi connectivity index (χ1n) is 4.11. The lowest BCUT2D eigenvalue weighted by Crippen LogP contribution is -2.14. The van der Waals surface area contributed by atoms with Crippen LogP contribution in [0.2, 0.25) is 0 Å². The van der Waals surface area contributed by atoms with E-state index in [0.717, 1.165) is 24.3 Å². The molecule has 0 unspecified atom stereocenters. The molecule has 3 N–H and O–H groups in total. The highest BCUT2D eigenvalue weighted by atomic mass is 14.9. The minimum atomic E-state index is 0.623. The van der Waals surface area contributed by atoms with E-state index in [9.17, 15) is 0 Å². The summed E-state index contributed by atoms with van der Waals surface area (Å²) in [5.74, 6) is 0. The number of nitrogens with one attached hydrogen (secondary N) is 1. The Balaban J connectivity index is 2.68. The number of anilines is 1. The molecule has 0 aromatic carbocycles. The molecular formula is C8H14N4. The van der Waals surface area contributed by atoms with Crippen molar-refractivity contribution in [2.24, 2.45) is 5.73 Å². The summed E-state index contributed by atoms with van der Waals surface area (Å²) in [5, 5.41) is 3.16. The van der Waals surface area contributed by atoms with E-state index in [1.54, 1.807) is 12.5 Å². The Morgan fingerprint density at radius 3 is 3.08 bits per heavy atom. The summed E-state index contributed by atoms with van der Waals surface area (Å²) in [5.41, 5.74) is 7.40. The van der Waals surface area contributed by atoms with Crippen LogP contribution in [0.3, 0.4) is 0 Å². The summed E-state index contributed by atoms with van der Waals surface area (Å²) >= 11 is 0. The normalized spacial score (nSPS) is 9.83. The topological polar surface area (TPSA) is 63.8 Å². The first-order valence-corrected chi connectivity index (χ1v) is 4.11. The van der Waals surface area contributed by atoms with Gasteiger partial charge in [-0.05, 0) is 6.42 Å². The van der Waals surface area contributed by atoms with Gasteiger partial charge in [0, 0.05) is 13.1 Å². The van der Waals surface area contributed by atoms with Crippen LogP contribution in [0.5, 0.6) is 0 Å². The van der Waals surface area contributed by atoms with E-state index < -0.39 is 0 Å². The van der Waals surface area contributed by atoms with Gasteiger partial charge in [-0.15, -0.1) is 0 Å². The Kier molecular flexibility index (Phi) is 3.47. The second-order valence-electron chi connectivity index (χ2n) is 2.45. The van der Waals surface area contributed by atoms with Gasteiger partial charge in [0.2, 0.25) is 0 Å². The number of aryl methyl sites for hydroxylation is 1. The Labute approximate surface area is 72.2 Å². The number of hydrogen-bond acceptors (Lipinski definition) is 4. The smallest absolute Gasteiger partial charge is 0.115 e. The molecular weight excluding hydrogens is 152 g/mol. The van der Waals surface area contributed by atoms with Crippen LogP contribution in [0, 0.1) is 0 Å². The third kappa shape index (κ3) is 2.17. The maximum Gasteiger partial charge on any atom is 0.115 e. The molecule has 1 heterocycles. The van der Waals surface area contributed by atoms with Gasteiger partial charge in [0.1, 0.15) is 6.33 Å². The fourth-order valence-electron chi connectivity index (χ4n) is 0.991. The highest BCUT2D eigenvalue weighted by molar-refractivity contribution is 5.45. The molecule has 0 aliphatic carbocycles. The van der Waals surface area contributed by atoms with E-state index in [4.69, 9.17) is 5.73 Å². The zero-order valence-corrected chi connectivity index (χ0v) is 7.25. The number of nitrogens with two attached hydrogens (primary N) is 1. The fraction of sp³-hybridized carbons (Fsp3) is 0.500. The Bertz CT molecular complexity index is 236. The summed E-state index contributed by atoms with van der Waals surface area (Å²) in [7, 11) is 0. The van der Waals surface area contributed by atoms with E-state index in [1.807, 2.05) is 0 Å². The number of rotatable bonds is 4. The van der Waals surface area contributed by atoms with Gasteiger partial charge >= 0.3 is 0 Å². The SMILES string of the molecule is CCc1ncncc1NCCN. The van der Waals surface area contributed by atoms with Gasteiger partial charge in [0.25, 0.3) is 0 Å². The minimum Gasteiger partial charge on any atom is -0.381 e. The summed E-state index contributed by atoms with van der Waals surface area (Å²) in [6.07, 6.45) is 4.25. The predicted octanol–water partition coefficient (Wildman–Crippen LogP) is 0.410. The van der Waals surface area contributed by atoms with Crippen LogP contribution in [0.4, 0.5) is 5.69 Å². The van der Waals surface area contributed by atoms with Crippen molar-refractivity contribution in [1.29, 1.82) is 0 Å². The summed E-state index contributed by atoms with van der Waals surface area (Å²) in [6.45, 7) is 3.45. The lowest BCUT2D eigenvalue weighted by Gasteiger charge is -2.06. The molecule has 0 radical (unpaired) electrons. The lowest BCUT2D eigenvalue weighted by atomic mass is 10.3. The number of nitrogens with zero attached hydrogens (tertiary/aromatic N) is 2. The summed E-state index contributed by atoms with van der Waals surface area (Å²) in [4.78, 5) is 8.07. The van der Waals surface area contributed by atoms with Crippen LogP contribution >= 0.6 is 0 Å². The molecule has 4 heteroatoms. The highest BCUT2D eigenvalue weighted by Gasteiger charge is 1.98. The Morgan fingerprint density at radius 1 is 1.58 bits per heavy atom.